The number of hydrogen-bond donors (Lipinski definition) is 2. The Balaban J connectivity index is 1.90. The summed E-state index contributed by atoms with van der Waals surface area (Å²) in [7, 11) is 0. The lowest BCUT2D eigenvalue weighted by molar-refractivity contribution is -0.138. The van der Waals surface area contributed by atoms with Crippen molar-refractivity contribution in [2.45, 2.75) is 26.7 Å². The van der Waals surface area contributed by atoms with E-state index in [0.717, 1.165) is 11.4 Å². The summed E-state index contributed by atoms with van der Waals surface area (Å²) < 4.78 is 0. The molecule has 0 bridgehead atoms. The van der Waals surface area contributed by atoms with Gasteiger partial charge in [-0.1, -0.05) is 0 Å². The second-order valence-corrected chi connectivity index (χ2v) is 5.32. The van der Waals surface area contributed by atoms with Crippen LogP contribution in [0.3, 0.4) is 0 Å². The number of hydrogen-bond acceptors (Lipinski definition) is 5. The zero-order valence-electron chi connectivity index (χ0n) is 12.3. The molecule has 1 saturated heterocycles. The number of nitrogens with zero attached hydrogens (tertiary/aromatic N) is 3. The Labute approximate surface area is 123 Å². The van der Waals surface area contributed by atoms with E-state index in [1.54, 1.807) is 0 Å². The minimum Gasteiger partial charge on any atom is -0.480 e. The molecule has 0 spiro atoms. The molecule has 7 nitrogen and oxygen atoms in total. The lowest BCUT2D eigenvalue weighted by Gasteiger charge is -2.31. The molecule has 1 aliphatic rings. The summed E-state index contributed by atoms with van der Waals surface area (Å²) in [5, 5.41) is 11.0. The highest BCUT2D eigenvalue weighted by atomic mass is 16.4. The van der Waals surface area contributed by atoms with Gasteiger partial charge in [0, 0.05) is 30.4 Å². The second-order valence-electron chi connectivity index (χ2n) is 5.32. The molecule has 1 fully saturated rings. The number of piperidine rings is 1. The molecule has 0 unspecified atom stereocenters. The Morgan fingerprint density at radius 3 is 2.38 bits per heavy atom. The Morgan fingerprint density at radius 1 is 1.29 bits per heavy atom. The average Bonchev–Trinajstić information content (AvgIpc) is 2.44. The van der Waals surface area contributed by atoms with Crippen molar-refractivity contribution in [3.63, 3.8) is 0 Å². The standard InChI is InChI=1S/C14H20N4O3/c1-9-7-10(2)17-14(16-9)18-5-3-11(4-6-18)13(21)15-8-12(19)20/h7,11H,3-6,8H2,1-2H3,(H,15,21)(H,19,20). The first-order chi connectivity index (χ1) is 9.95. The molecule has 0 radical (unpaired) electrons. The van der Waals surface area contributed by atoms with E-state index in [2.05, 4.69) is 20.2 Å². The molecule has 2 rings (SSSR count). The maximum absolute atomic E-state index is 11.8. The lowest BCUT2D eigenvalue weighted by Crippen LogP contribution is -2.42. The summed E-state index contributed by atoms with van der Waals surface area (Å²) in [6, 6.07) is 1.93. The van der Waals surface area contributed by atoms with Crippen molar-refractivity contribution >= 4 is 17.8 Å². The first-order valence-electron chi connectivity index (χ1n) is 7.02. The van der Waals surface area contributed by atoms with Crippen LogP contribution in [0, 0.1) is 19.8 Å². The summed E-state index contributed by atoms with van der Waals surface area (Å²) in [4.78, 5) is 33.2. The van der Waals surface area contributed by atoms with Gasteiger partial charge < -0.3 is 15.3 Å². The van der Waals surface area contributed by atoms with Crippen LogP contribution in [0.1, 0.15) is 24.2 Å². The van der Waals surface area contributed by atoms with Crippen LogP contribution in [0.25, 0.3) is 0 Å². The number of aromatic nitrogens is 2. The third kappa shape index (κ3) is 4.14. The Hall–Kier alpha value is -2.18. The maximum Gasteiger partial charge on any atom is 0.322 e. The van der Waals surface area contributed by atoms with Crippen molar-refractivity contribution < 1.29 is 14.7 Å². The number of amides is 1. The van der Waals surface area contributed by atoms with Crippen LogP contribution in [0.15, 0.2) is 6.07 Å². The SMILES string of the molecule is Cc1cc(C)nc(N2CCC(C(=O)NCC(=O)O)CC2)n1. The number of carboxylic acid groups (broad SMARTS) is 1. The second kappa shape index (κ2) is 6.51. The number of aliphatic carboxylic acids is 1. The van der Waals surface area contributed by atoms with E-state index in [1.165, 1.54) is 0 Å². The van der Waals surface area contributed by atoms with Gasteiger partial charge in [0.2, 0.25) is 11.9 Å². The highest BCUT2D eigenvalue weighted by Crippen LogP contribution is 2.21. The highest BCUT2D eigenvalue weighted by molar-refractivity contribution is 5.83. The molecule has 2 N–H and O–H groups in total. The topological polar surface area (TPSA) is 95.4 Å². The van der Waals surface area contributed by atoms with Gasteiger partial charge in [0.1, 0.15) is 6.54 Å². The molecule has 114 valence electrons. The zero-order chi connectivity index (χ0) is 15.4. The van der Waals surface area contributed by atoms with Crippen LogP contribution < -0.4 is 10.2 Å². The molecule has 0 aliphatic carbocycles. The fourth-order valence-electron chi connectivity index (χ4n) is 2.50. The fourth-order valence-corrected chi connectivity index (χ4v) is 2.50. The third-order valence-corrected chi connectivity index (χ3v) is 3.53. The number of anilines is 1. The molecule has 7 heteroatoms. The maximum atomic E-state index is 11.8. The molecule has 0 saturated carbocycles. The molecular weight excluding hydrogens is 272 g/mol. The Morgan fingerprint density at radius 2 is 1.86 bits per heavy atom. The number of nitrogens with one attached hydrogen (secondary N) is 1. The summed E-state index contributed by atoms with van der Waals surface area (Å²) in [5.41, 5.74) is 1.86. The van der Waals surface area contributed by atoms with Gasteiger partial charge in [-0.05, 0) is 32.8 Å². The lowest BCUT2D eigenvalue weighted by atomic mass is 9.96. The minimum absolute atomic E-state index is 0.133. The Kier molecular flexibility index (Phi) is 4.72. The van der Waals surface area contributed by atoms with Crippen LogP contribution in [-0.2, 0) is 9.59 Å². The molecule has 1 aromatic heterocycles. The van der Waals surface area contributed by atoms with Gasteiger partial charge in [-0.15, -0.1) is 0 Å². The van der Waals surface area contributed by atoms with Crippen LogP contribution in [0.5, 0.6) is 0 Å². The normalized spacial score (nSPS) is 15.8. The van der Waals surface area contributed by atoms with Gasteiger partial charge in [0.25, 0.3) is 0 Å². The van der Waals surface area contributed by atoms with Gasteiger partial charge in [-0.3, -0.25) is 9.59 Å². The minimum atomic E-state index is -1.02. The van der Waals surface area contributed by atoms with Crippen molar-refractivity contribution in [2.24, 2.45) is 5.92 Å². The number of aryl methyl sites for hydroxylation is 2. The number of rotatable bonds is 4. The fraction of sp³-hybridized carbons (Fsp3) is 0.571. The molecular formula is C14H20N4O3. The molecule has 0 aromatic carbocycles. The van der Waals surface area contributed by atoms with Crippen molar-refractivity contribution in [3.05, 3.63) is 17.5 Å². The summed E-state index contributed by atoms with van der Waals surface area (Å²) in [6.45, 7) is 4.95. The van der Waals surface area contributed by atoms with Crippen LogP contribution >= 0.6 is 0 Å². The van der Waals surface area contributed by atoms with E-state index < -0.39 is 5.97 Å². The molecule has 1 amide bonds. The summed E-state index contributed by atoms with van der Waals surface area (Å²) in [6.07, 6.45) is 1.36. The van der Waals surface area contributed by atoms with Gasteiger partial charge in [0.15, 0.2) is 0 Å². The quantitative estimate of drug-likeness (QED) is 0.839. The van der Waals surface area contributed by atoms with E-state index in [9.17, 15) is 9.59 Å². The molecule has 21 heavy (non-hydrogen) atoms. The number of carbonyl (C=O) groups excluding carboxylic acids is 1. The third-order valence-electron chi connectivity index (χ3n) is 3.53. The number of carboxylic acids is 1. The molecule has 1 aliphatic heterocycles. The van der Waals surface area contributed by atoms with Crippen LogP contribution in [0.2, 0.25) is 0 Å². The van der Waals surface area contributed by atoms with Crippen LogP contribution in [0.4, 0.5) is 5.95 Å². The predicted octanol–water partition coefficient (Wildman–Crippen LogP) is 0.511. The van der Waals surface area contributed by atoms with E-state index >= 15 is 0 Å². The average molecular weight is 292 g/mol. The summed E-state index contributed by atoms with van der Waals surface area (Å²) in [5.74, 6) is -0.633. The largest absolute Gasteiger partial charge is 0.480 e. The smallest absolute Gasteiger partial charge is 0.322 e. The first kappa shape index (κ1) is 15.2. The van der Waals surface area contributed by atoms with Gasteiger partial charge >= 0.3 is 5.97 Å². The van der Waals surface area contributed by atoms with Crippen LogP contribution in [-0.4, -0.2) is 46.6 Å². The van der Waals surface area contributed by atoms with E-state index in [0.29, 0.717) is 31.9 Å². The number of carbonyl (C=O) groups is 2. The molecule has 2 heterocycles. The van der Waals surface area contributed by atoms with E-state index in [4.69, 9.17) is 5.11 Å². The monoisotopic (exact) mass is 292 g/mol. The van der Waals surface area contributed by atoms with Crippen molar-refractivity contribution in [1.82, 2.24) is 15.3 Å². The summed E-state index contributed by atoms with van der Waals surface area (Å²) >= 11 is 0. The highest BCUT2D eigenvalue weighted by Gasteiger charge is 2.26. The van der Waals surface area contributed by atoms with Gasteiger partial charge in [-0.25, -0.2) is 9.97 Å². The van der Waals surface area contributed by atoms with E-state index in [-0.39, 0.29) is 18.4 Å². The van der Waals surface area contributed by atoms with Crippen molar-refractivity contribution in [1.29, 1.82) is 0 Å². The zero-order valence-corrected chi connectivity index (χ0v) is 12.3. The van der Waals surface area contributed by atoms with Crippen molar-refractivity contribution in [3.8, 4) is 0 Å². The van der Waals surface area contributed by atoms with Gasteiger partial charge in [-0.2, -0.15) is 0 Å². The first-order valence-corrected chi connectivity index (χ1v) is 7.02. The Bertz CT molecular complexity index is 519. The van der Waals surface area contributed by atoms with E-state index in [1.807, 2.05) is 19.9 Å². The van der Waals surface area contributed by atoms with Gasteiger partial charge in [0.05, 0.1) is 0 Å². The molecule has 0 atom stereocenters. The van der Waals surface area contributed by atoms with Crippen molar-refractivity contribution in [2.75, 3.05) is 24.5 Å². The predicted molar refractivity (Wildman–Crippen MR) is 77.1 cm³/mol. The molecule has 1 aromatic rings.